The van der Waals surface area contributed by atoms with Crippen molar-refractivity contribution in [3.63, 3.8) is 0 Å². The van der Waals surface area contributed by atoms with E-state index in [1.165, 1.54) is 9.80 Å². The molecule has 2 aliphatic heterocycles. The fraction of sp³-hybridized carbons (Fsp3) is 0.636. The van der Waals surface area contributed by atoms with E-state index in [0.717, 1.165) is 12.8 Å². The van der Waals surface area contributed by atoms with Crippen LogP contribution in [0.15, 0.2) is 24.3 Å². The number of nitrogens with zero attached hydrogens (tertiary/aromatic N) is 2. The van der Waals surface area contributed by atoms with Gasteiger partial charge in [0.1, 0.15) is 0 Å². The van der Waals surface area contributed by atoms with E-state index in [1.807, 2.05) is 0 Å². The summed E-state index contributed by atoms with van der Waals surface area (Å²) in [7, 11) is 0. The van der Waals surface area contributed by atoms with Crippen LogP contribution in [0.25, 0.3) is 0 Å². The van der Waals surface area contributed by atoms with Crippen molar-refractivity contribution in [3.8, 4) is 0 Å². The maximum absolute atomic E-state index is 12.7. The molecule has 0 radical (unpaired) electrons. The van der Waals surface area contributed by atoms with Gasteiger partial charge in [0.15, 0.2) is 0 Å². The molecule has 8 atom stereocenters. The van der Waals surface area contributed by atoms with Gasteiger partial charge in [0, 0.05) is 13.1 Å². The SMILES string of the molecule is O=C1[C@@H]2[C@H](C(=O)N1CCCCN1C(=O)[C@H]3[C@H](C1=O)[C@H]1C=C[C@@H]3C1)[C@H]1C=C[C@@H]2C1. The largest absolute Gasteiger partial charge is 0.282 e. The Morgan fingerprint density at radius 3 is 1.14 bits per heavy atom. The first kappa shape index (κ1) is 16.7. The van der Waals surface area contributed by atoms with Crippen LogP contribution < -0.4 is 0 Å². The molecule has 2 saturated carbocycles. The number of hydrogen-bond acceptors (Lipinski definition) is 4. The van der Waals surface area contributed by atoms with Crippen molar-refractivity contribution in [1.29, 1.82) is 0 Å². The third kappa shape index (κ3) is 1.98. The van der Waals surface area contributed by atoms with Crippen LogP contribution in [0.5, 0.6) is 0 Å². The van der Waals surface area contributed by atoms with E-state index in [4.69, 9.17) is 0 Å². The molecule has 0 aromatic rings. The lowest BCUT2D eigenvalue weighted by atomic mass is 9.85. The highest BCUT2D eigenvalue weighted by Gasteiger charge is 2.60. The van der Waals surface area contributed by atoms with Gasteiger partial charge in [-0.1, -0.05) is 24.3 Å². The predicted octanol–water partition coefficient (Wildman–Crippen LogP) is 1.38. The quantitative estimate of drug-likeness (QED) is 0.410. The van der Waals surface area contributed by atoms with Crippen molar-refractivity contribution in [1.82, 2.24) is 9.80 Å². The zero-order valence-electron chi connectivity index (χ0n) is 15.7. The van der Waals surface area contributed by atoms with Crippen LogP contribution in [0.4, 0.5) is 0 Å². The molecule has 0 N–H and O–H groups in total. The van der Waals surface area contributed by atoms with Crippen molar-refractivity contribution in [2.75, 3.05) is 13.1 Å². The molecule has 146 valence electrons. The standard InChI is InChI=1S/C22H24N2O4/c25-19-15-11-3-4-12(9-11)16(15)20(26)23(19)7-1-2-8-24-21(27)17-13-5-6-14(10-13)18(17)22(24)28/h3-6,11-18H,1-2,7-10H2/t11-,12+,13-,14+,15-,16-,17+,18-/m1/s1. The predicted molar refractivity (Wildman–Crippen MR) is 98.1 cm³/mol. The number of carbonyl (C=O) groups excluding carboxylic acids is 4. The Kier molecular flexibility index (Phi) is 3.37. The average Bonchev–Trinajstić information content (AvgIpc) is 3.49. The summed E-state index contributed by atoms with van der Waals surface area (Å²) in [5.41, 5.74) is 0. The summed E-state index contributed by atoms with van der Waals surface area (Å²) in [5.74, 6) is 0.291. The zero-order chi connectivity index (χ0) is 19.2. The first-order valence-corrected chi connectivity index (χ1v) is 10.6. The van der Waals surface area contributed by atoms with Gasteiger partial charge in [0.2, 0.25) is 23.6 Å². The first-order chi connectivity index (χ1) is 13.6. The summed E-state index contributed by atoms with van der Waals surface area (Å²) in [6.07, 6.45) is 11.6. The molecule has 6 aliphatic rings. The summed E-state index contributed by atoms with van der Waals surface area (Å²) < 4.78 is 0. The summed E-state index contributed by atoms with van der Waals surface area (Å²) in [5, 5.41) is 0. The van der Waals surface area contributed by atoms with Gasteiger partial charge in [-0.05, 0) is 49.4 Å². The minimum Gasteiger partial charge on any atom is -0.282 e. The molecule has 6 heteroatoms. The van der Waals surface area contributed by atoms with Crippen molar-refractivity contribution in [2.24, 2.45) is 47.3 Å². The van der Waals surface area contributed by atoms with Crippen LogP contribution in [0.1, 0.15) is 25.7 Å². The molecule has 2 saturated heterocycles. The van der Waals surface area contributed by atoms with Crippen molar-refractivity contribution < 1.29 is 19.2 Å². The van der Waals surface area contributed by atoms with Gasteiger partial charge in [-0.25, -0.2) is 0 Å². The van der Waals surface area contributed by atoms with Crippen LogP contribution in [0.2, 0.25) is 0 Å². The molecule has 0 spiro atoms. The third-order valence-corrected chi connectivity index (χ3v) is 8.14. The highest BCUT2D eigenvalue weighted by atomic mass is 16.2. The smallest absolute Gasteiger partial charge is 0.233 e. The zero-order valence-corrected chi connectivity index (χ0v) is 15.7. The monoisotopic (exact) mass is 380 g/mol. The molecule has 4 fully saturated rings. The summed E-state index contributed by atoms with van der Waals surface area (Å²) in [6.45, 7) is 0.806. The van der Waals surface area contributed by atoms with E-state index < -0.39 is 0 Å². The lowest BCUT2D eigenvalue weighted by Gasteiger charge is -2.19. The minimum atomic E-state index is -0.147. The average molecular weight is 380 g/mol. The highest BCUT2D eigenvalue weighted by Crippen LogP contribution is 2.53. The number of imide groups is 2. The van der Waals surface area contributed by atoms with Gasteiger partial charge in [-0.15, -0.1) is 0 Å². The molecule has 0 unspecified atom stereocenters. The van der Waals surface area contributed by atoms with Gasteiger partial charge in [-0.2, -0.15) is 0 Å². The van der Waals surface area contributed by atoms with E-state index in [0.29, 0.717) is 25.9 Å². The Morgan fingerprint density at radius 2 is 0.857 bits per heavy atom. The Morgan fingerprint density at radius 1 is 0.571 bits per heavy atom. The van der Waals surface area contributed by atoms with E-state index in [9.17, 15) is 19.2 Å². The van der Waals surface area contributed by atoms with E-state index in [2.05, 4.69) is 24.3 Å². The molecule has 4 aliphatic carbocycles. The van der Waals surface area contributed by atoms with Crippen molar-refractivity contribution in [3.05, 3.63) is 24.3 Å². The van der Waals surface area contributed by atoms with Crippen LogP contribution >= 0.6 is 0 Å². The Labute approximate surface area is 163 Å². The van der Waals surface area contributed by atoms with Crippen LogP contribution in [0.3, 0.4) is 0 Å². The molecule has 2 heterocycles. The lowest BCUT2D eigenvalue weighted by Crippen LogP contribution is -2.36. The molecular formula is C22H24N2O4. The number of unbranched alkanes of at least 4 members (excludes halogenated alkanes) is 1. The highest BCUT2D eigenvalue weighted by molar-refractivity contribution is 6.07. The molecule has 28 heavy (non-hydrogen) atoms. The van der Waals surface area contributed by atoms with Crippen molar-refractivity contribution in [2.45, 2.75) is 25.7 Å². The molecular weight excluding hydrogens is 356 g/mol. The Hall–Kier alpha value is -2.24. The second-order valence-corrected chi connectivity index (χ2v) is 9.36. The number of rotatable bonds is 5. The van der Waals surface area contributed by atoms with Gasteiger partial charge in [0.05, 0.1) is 23.7 Å². The van der Waals surface area contributed by atoms with E-state index in [-0.39, 0.29) is 71.0 Å². The van der Waals surface area contributed by atoms with Gasteiger partial charge >= 0.3 is 0 Å². The van der Waals surface area contributed by atoms with E-state index in [1.54, 1.807) is 0 Å². The van der Waals surface area contributed by atoms with Crippen LogP contribution in [0, 0.1) is 47.3 Å². The fourth-order valence-corrected chi connectivity index (χ4v) is 6.91. The number of hydrogen-bond donors (Lipinski definition) is 0. The second kappa shape index (κ2) is 5.65. The number of amides is 4. The maximum Gasteiger partial charge on any atom is 0.233 e. The first-order valence-electron chi connectivity index (χ1n) is 10.6. The third-order valence-electron chi connectivity index (χ3n) is 8.14. The number of likely N-dealkylation sites (tertiary alicyclic amines) is 2. The summed E-state index contributed by atoms with van der Waals surface area (Å²) in [6, 6.07) is 0. The topological polar surface area (TPSA) is 74.8 Å². The molecule has 4 amide bonds. The number of carbonyl (C=O) groups is 4. The van der Waals surface area contributed by atoms with Gasteiger partial charge in [-0.3, -0.25) is 29.0 Å². The number of fused-ring (bicyclic) bond motifs is 10. The normalized spacial score (nSPS) is 44.6. The second-order valence-electron chi connectivity index (χ2n) is 9.36. The molecule has 0 aromatic heterocycles. The van der Waals surface area contributed by atoms with Crippen molar-refractivity contribution >= 4 is 23.6 Å². The molecule has 0 aromatic carbocycles. The number of allylic oxidation sites excluding steroid dienone is 4. The molecule has 4 bridgehead atoms. The Balaban J connectivity index is 1.05. The minimum absolute atomic E-state index is 0.0163. The van der Waals surface area contributed by atoms with Gasteiger partial charge < -0.3 is 0 Å². The van der Waals surface area contributed by atoms with Crippen LogP contribution in [-0.2, 0) is 19.2 Å². The van der Waals surface area contributed by atoms with E-state index >= 15 is 0 Å². The fourth-order valence-electron chi connectivity index (χ4n) is 6.91. The lowest BCUT2D eigenvalue weighted by molar-refractivity contribution is -0.143. The molecule has 6 rings (SSSR count). The molecule has 6 nitrogen and oxygen atoms in total. The van der Waals surface area contributed by atoms with Gasteiger partial charge in [0.25, 0.3) is 0 Å². The van der Waals surface area contributed by atoms with Crippen LogP contribution in [-0.4, -0.2) is 46.5 Å². The maximum atomic E-state index is 12.7. The summed E-state index contributed by atoms with van der Waals surface area (Å²) >= 11 is 0. The summed E-state index contributed by atoms with van der Waals surface area (Å²) in [4.78, 5) is 53.7. The Bertz CT molecular complexity index is 731.